The van der Waals surface area contributed by atoms with E-state index < -0.39 is 4.92 Å². The Morgan fingerprint density at radius 3 is 2.20 bits per heavy atom. The number of benzene rings is 2. The lowest BCUT2D eigenvalue weighted by Crippen LogP contribution is -2.29. The Morgan fingerprint density at radius 1 is 1.04 bits per heavy atom. The standard InChI is InChI=1S/C16H17ClN4O4/c17-15-11-14(20(7-9-22)8-10-23)5-6-16(15)19-18-12-1-3-13(4-2-12)21(24)25/h1-6,11,22-23H,7-10H2/b19-18+. The second kappa shape index (κ2) is 9.07. The Kier molecular flexibility index (Phi) is 6.81. The van der Waals surface area contributed by atoms with Gasteiger partial charge < -0.3 is 15.1 Å². The van der Waals surface area contributed by atoms with Crippen LogP contribution in [0.15, 0.2) is 52.7 Å². The van der Waals surface area contributed by atoms with Crippen molar-refractivity contribution in [3.8, 4) is 0 Å². The summed E-state index contributed by atoms with van der Waals surface area (Å²) >= 11 is 6.21. The number of non-ortho nitro benzene ring substituents is 1. The highest BCUT2D eigenvalue weighted by Gasteiger charge is 2.09. The summed E-state index contributed by atoms with van der Waals surface area (Å²) in [6.45, 7) is 0.666. The molecule has 0 aliphatic rings. The van der Waals surface area contributed by atoms with Crippen molar-refractivity contribution in [3.63, 3.8) is 0 Å². The number of halogens is 1. The normalized spacial score (nSPS) is 11.0. The van der Waals surface area contributed by atoms with Crippen LogP contribution in [0.25, 0.3) is 0 Å². The molecular weight excluding hydrogens is 348 g/mol. The first kappa shape index (κ1) is 18.8. The first-order valence-electron chi connectivity index (χ1n) is 7.47. The van der Waals surface area contributed by atoms with Gasteiger partial charge in [0, 0.05) is 30.9 Å². The maximum atomic E-state index is 10.6. The van der Waals surface area contributed by atoms with Crippen LogP contribution in [0.1, 0.15) is 0 Å². The fourth-order valence-electron chi connectivity index (χ4n) is 2.14. The molecule has 0 saturated carbocycles. The van der Waals surface area contributed by atoms with E-state index in [-0.39, 0.29) is 18.9 Å². The van der Waals surface area contributed by atoms with Gasteiger partial charge in [0.2, 0.25) is 0 Å². The van der Waals surface area contributed by atoms with Crippen LogP contribution in [-0.4, -0.2) is 41.4 Å². The van der Waals surface area contributed by atoms with Crippen molar-refractivity contribution in [2.75, 3.05) is 31.2 Å². The number of azo groups is 1. The van der Waals surface area contributed by atoms with E-state index in [2.05, 4.69) is 10.2 Å². The van der Waals surface area contributed by atoms with Crippen molar-refractivity contribution < 1.29 is 15.1 Å². The second-order valence-electron chi connectivity index (χ2n) is 5.04. The van der Waals surface area contributed by atoms with Crippen LogP contribution >= 0.6 is 11.6 Å². The minimum absolute atomic E-state index is 0.0193. The first-order chi connectivity index (χ1) is 12.0. The number of nitrogens with zero attached hydrogens (tertiary/aromatic N) is 4. The van der Waals surface area contributed by atoms with E-state index in [1.165, 1.54) is 24.3 Å². The minimum atomic E-state index is -0.485. The number of aliphatic hydroxyl groups is 2. The molecule has 0 unspecified atom stereocenters. The molecule has 0 amide bonds. The average Bonchev–Trinajstić information content (AvgIpc) is 2.61. The van der Waals surface area contributed by atoms with Crippen LogP contribution < -0.4 is 4.90 Å². The Balaban J connectivity index is 2.15. The van der Waals surface area contributed by atoms with E-state index in [4.69, 9.17) is 21.8 Å². The molecule has 132 valence electrons. The van der Waals surface area contributed by atoms with Crippen molar-refractivity contribution in [3.05, 3.63) is 57.6 Å². The summed E-state index contributed by atoms with van der Waals surface area (Å²) in [6, 6.07) is 10.8. The predicted molar refractivity (Wildman–Crippen MR) is 95.1 cm³/mol. The molecule has 0 aliphatic heterocycles. The van der Waals surface area contributed by atoms with Gasteiger partial charge in [0.1, 0.15) is 5.69 Å². The smallest absolute Gasteiger partial charge is 0.269 e. The molecule has 0 bridgehead atoms. The summed E-state index contributed by atoms with van der Waals surface area (Å²) in [4.78, 5) is 11.9. The molecule has 9 heteroatoms. The molecule has 8 nitrogen and oxygen atoms in total. The van der Waals surface area contributed by atoms with Gasteiger partial charge in [-0.1, -0.05) is 11.6 Å². The average molecular weight is 365 g/mol. The third kappa shape index (κ3) is 5.21. The zero-order valence-electron chi connectivity index (χ0n) is 13.2. The number of nitro benzene ring substituents is 1. The van der Waals surface area contributed by atoms with Crippen LogP contribution in [0.5, 0.6) is 0 Å². The maximum absolute atomic E-state index is 10.6. The number of aliphatic hydroxyl groups excluding tert-OH is 2. The van der Waals surface area contributed by atoms with E-state index in [0.29, 0.717) is 29.5 Å². The van der Waals surface area contributed by atoms with Gasteiger partial charge in [0.05, 0.1) is 28.8 Å². The lowest BCUT2D eigenvalue weighted by atomic mass is 10.2. The Bertz CT molecular complexity index is 746. The van der Waals surface area contributed by atoms with Gasteiger partial charge in [-0.25, -0.2) is 0 Å². The first-order valence-corrected chi connectivity index (χ1v) is 7.85. The Morgan fingerprint density at radius 2 is 1.68 bits per heavy atom. The number of hydrogen-bond donors (Lipinski definition) is 2. The highest BCUT2D eigenvalue weighted by Crippen LogP contribution is 2.31. The topological polar surface area (TPSA) is 112 Å². The maximum Gasteiger partial charge on any atom is 0.269 e. The zero-order valence-corrected chi connectivity index (χ0v) is 14.0. The van der Waals surface area contributed by atoms with Gasteiger partial charge >= 0.3 is 0 Å². The van der Waals surface area contributed by atoms with E-state index in [0.717, 1.165) is 5.69 Å². The molecule has 0 spiro atoms. The van der Waals surface area contributed by atoms with E-state index >= 15 is 0 Å². The van der Waals surface area contributed by atoms with Crippen LogP contribution in [0, 0.1) is 10.1 Å². The summed E-state index contributed by atoms with van der Waals surface area (Å²) in [5.74, 6) is 0. The molecule has 0 heterocycles. The van der Waals surface area contributed by atoms with Crippen LogP contribution in [0.4, 0.5) is 22.7 Å². The van der Waals surface area contributed by atoms with Crippen LogP contribution in [-0.2, 0) is 0 Å². The number of anilines is 1. The quantitative estimate of drug-likeness (QED) is 0.423. The molecule has 0 saturated heterocycles. The van der Waals surface area contributed by atoms with Gasteiger partial charge in [-0.05, 0) is 30.3 Å². The summed E-state index contributed by atoms with van der Waals surface area (Å²) in [7, 11) is 0. The molecule has 0 radical (unpaired) electrons. The number of nitro groups is 1. The highest BCUT2D eigenvalue weighted by molar-refractivity contribution is 6.33. The third-order valence-corrected chi connectivity index (χ3v) is 3.67. The summed E-state index contributed by atoms with van der Waals surface area (Å²) in [6.07, 6.45) is 0. The van der Waals surface area contributed by atoms with E-state index in [1.54, 1.807) is 23.1 Å². The fourth-order valence-corrected chi connectivity index (χ4v) is 2.35. The molecule has 2 aromatic rings. The van der Waals surface area contributed by atoms with Crippen molar-refractivity contribution in [2.24, 2.45) is 10.2 Å². The van der Waals surface area contributed by atoms with Gasteiger partial charge in [-0.2, -0.15) is 5.11 Å². The van der Waals surface area contributed by atoms with Gasteiger partial charge in [-0.3, -0.25) is 10.1 Å². The molecule has 0 fully saturated rings. The van der Waals surface area contributed by atoms with Gasteiger partial charge in [0.25, 0.3) is 5.69 Å². The molecule has 25 heavy (non-hydrogen) atoms. The molecule has 0 atom stereocenters. The predicted octanol–water partition coefficient (Wildman–Crippen LogP) is 3.45. The largest absolute Gasteiger partial charge is 0.395 e. The Hall–Kier alpha value is -2.55. The van der Waals surface area contributed by atoms with Gasteiger partial charge in [0.15, 0.2) is 0 Å². The van der Waals surface area contributed by atoms with E-state index in [1.807, 2.05) is 0 Å². The molecule has 2 rings (SSSR count). The molecule has 0 aliphatic carbocycles. The molecule has 2 N–H and O–H groups in total. The van der Waals surface area contributed by atoms with Crippen molar-refractivity contribution >= 4 is 34.4 Å². The summed E-state index contributed by atoms with van der Waals surface area (Å²) in [5.41, 5.74) is 1.64. The lowest BCUT2D eigenvalue weighted by molar-refractivity contribution is -0.384. The molecule has 0 aromatic heterocycles. The number of rotatable bonds is 8. The van der Waals surface area contributed by atoms with Crippen LogP contribution in [0.3, 0.4) is 0 Å². The monoisotopic (exact) mass is 364 g/mol. The Labute approximate surface area is 149 Å². The van der Waals surface area contributed by atoms with E-state index in [9.17, 15) is 10.1 Å². The SMILES string of the molecule is O=[N+]([O-])c1ccc(/N=N/c2ccc(N(CCO)CCO)cc2Cl)cc1. The third-order valence-electron chi connectivity index (χ3n) is 3.37. The fraction of sp³-hybridized carbons (Fsp3) is 0.250. The van der Waals surface area contributed by atoms with Crippen molar-refractivity contribution in [1.82, 2.24) is 0 Å². The summed E-state index contributed by atoms with van der Waals surface area (Å²) in [5, 5.41) is 37.2. The number of hydrogen-bond acceptors (Lipinski definition) is 7. The lowest BCUT2D eigenvalue weighted by Gasteiger charge is -2.23. The summed E-state index contributed by atoms with van der Waals surface area (Å²) < 4.78 is 0. The van der Waals surface area contributed by atoms with Crippen molar-refractivity contribution in [2.45, 2.75) is 0 Å². The second-order valence-corrected chi connectivity index (χ2v) is 5.45. The van der Waals surface area contributed by atoms with Crippen molar-refractivity contribution in [1.29, 1.82) is 0 Å². The molecular formula is C16H17ClN4O4. The van der Waals surface area contributed by atoms with Gasteiger partial charge in [-0.15, -0.1) is 5.11 Å². The zero-order chi connectivity index (χ0) is 18.2. The highest BCUT2D eigenvalue weighted by atomic mass is 35.5. The van der Waals surface area contributed by atoms with Crippen LogP contribution in [0.2, 0.25) is 5.02 Å². The molecule has 2 aromatic carbocycles. The minimum Gasteiger partial charge on any atom is -0.395 e.